The molecule has 8 heteroatoms. The predicted octanol–water partition coefficient (Wildman–Crippen LogP) is 3.53. The molecule has 4 rings (SSSR count). The first-order valence-corrected chi connectivity index (χ1v) is 11.3. The zero-order chi connectivity index (χ0) is 22.9. The number of hydrogen-bond donors (Lipinski definition) is 1. The zero-order valence-electron chi connectivity index (χ0n) is 18.9. The van der Waals surface area contributed by atoms with Gasteiger partial charge < -0.3 is 14.8 Å². The first-order valence-electron chi connectivity index (χ1n) is 11.3. The van der Waals surface area contributed by atoms with Gasteiger partial charge in [0.25, 0.3) is 5.91 Å². The number of hydrogen-bond acceptors (Lipinski definition) is 5. The van der Waals surface area contributed by atoms with E-state index in [1.165, 1.54) is 4.68 Å². The minimum atomic E-state index is -0.684. The molecule has 172 valence electrons. The normalized spacial score (nSPS) is 17.6. The molecule has 2 aliphatic rings. The van der Waals surface area contributed by atoms with Crippen molar-refractivity contribution in [2.75, 3.05) is 26.4 Å². The van der Waals surface area contributed by atoms with Crippen molar-refractivity contribution in [3.8, 4) is 5.69 Å². The summed E-state index contributed by atoms with van der Waals surface area (Å²) in [5.74, 6) is -1.54. The average molecular weight is 444 g/mol. The molecule has 3 heterocycles. The fourth-order valence-corrected chi connectivity index (χ4v) is 4.65. The molecule has 0 bridgehead atoms. The van der Waals surface area contributed by atoms with Crippen molar-refractivity contribution in [3.63, 3.8) is 0 Å². The topological polar surface area (TPSA) is 82.5 Å². The maximum atomic E-state index is 15.7. The number of aryl methyl sites for hydroxylation is 2. The summed E-state index contributed by atoms with van der Waals surface area (Å²) in [6, 6.07) is 3.31. The number of fused-ring (bicyclic) bond motifs is 1. The third-order valence-electron chi connectivity index (χ3n) is 6.53. The summed E-state index contributed by atoms with van der Waals surface area (Å²) < 4.78 is 28.0. The van der Waals surface area contributed by atoms with Gasteiger partial charge in [0, 0.05) is 19.8 Å². The molecule has 0 saturated carbocycles. The van der Waals surface area contributed by atoms with Crippen molar-refractivity contribution in [1.29, 1.82) is 0 Å². The lowest BCUT2D eigenvalue weighted by Gasteiger charge is -2.36. The highest BCUT2D eigenvalue weighted by Crippen LogP contribution is 2.38. The molecule has 1 aromatic heterocycles. The van der Waals surface area contributed by atoms with E-state index in [1.807, 2.05) is 13.8 Å². The van der Waals surface area contributed by atoms with E-state index in [-0.39, 0.29) is 29.2 Å². The summed E-state index contributed by atoms with van der Waals surface area (Å²) in [7, 11) is 0. The number of carbonyl (C=O) groups excluding carboxylic acids is 2. The van der Waals surface area contributed by atoms with Gasteiger partial charge in [-0.1, -0.05) is 19.9 Å². The minimum absolute atomic E-state index is 0.0860. The number of rotatable bonds is 5. The number of aromatic nitrogens is 2. The number of halogens is 1. The average Bonchev–Trinajstić information content (AvgIpc) is 3.08. The Morgan fingerprint density at radius 1 is 1.31 bits per heavy atom. The van der Waals surface area contributed by atoms with E-state index in [1.54, 1.807) is 19.1 Å². The van der Waals surface area contributed by atoms with Crippen molar-refractivity contribution < 1.29 is 23.5 Å². The van der Waals surface area contributed by atoms with Gasteiger partial charge in [0.1, 0.15) is 11.3 Å². The molecule has 1 saturated heterocycles. The molecule has 0 unspecified atom stereocenters. The van der Waals surface area contributed by atoms with Crippen molar-refractivity contribution in [2.24, 2.45) is 5.41 Å². The van der Waals surface area contributed by atoms with Crippen molar-refractivity contribution >= 4 is 11.9 Å². The van der Waals surface area contributed by atoms with Gasteiger partial charge in [-0.05, 0) is 56.1 Å². The molecule has 1 spiro atoms. The first-order chi connectivity index (χ1) is 15.4. The number of benzene rings is 1. The second kappa shape index (κ2) is 9.02. The third-order valence-corrected chi connectivity index (χ3v) is 6.53. The second-order valence-corrected chi connectivity index (χ2v) is 8.73. The van der Waals surface area contributed by atoms with E-state index in [9.17, 15) is 9.59 Å². The van der Waals surface area contributed by atoms with Crippen molar-refractivity contribution in [1.82, 2.24) is 15.1 Å². The van der Waals surface area contributed by atoms with Crippen LogP contribution in [-0.4, -0.2) is 48.0 Å². The van der Waals surface area contributed by atoms with Crippen LogP contribution in [0.4, 0.5) is 4.39 Å². The van der Waals surface area contributed by atoms with Crippen molar-refractivity contribution in [3.05, 3.63) is 46.0 Å². The monoisotopic (exact) mass is 443 g/mol. The standard InChI is InChI=1S/C24H30FN3O4/c1-4-10-32-23(30)19-15(3)6-7-17(21(19)25)28-18-13-24(8-11-31-12-9-24)14-26-22(29)20(18)16(5-2)27-28/h6-7H,4-5,8-14H2,1-3H3,(H,26,29). The lowest BCUT2D eigenvalue weighted by Crippen LogP contribution is -2.40. The van der Waals surface area contributed by atoms with E-state index >= 15 is 4.39 Å². The van der Waals surface area contributed by atoms with Crippen LogP contribution in [0.15, 0.2) is 12.1 Å². The molecule has 1 aromatic carbocycles. The maximum absolute atomic E-state index is 15.7. The Hall–Kier alpha value is -2.74. The molecule has 0 atom stereocenters. The SMILES string of the molecule is CCCOC(=O)c1c(C)ccc(-n2nc(CC)c3c2CC2(CCOCC2)CNC3=O)c1F. The highest BCUT2D eigenvalue weighted by atomic mass is 19.1. The largest absolute Gasteiger partial charge is 0.462 e. The summed E-state index contributed by atoms with van der Waals surface area (Å²) in [5, 5.41) is 7.70. The minimum Gasteiger partial charge on any atom is -0.462 e. The summed E-state index contributed by atoms with van der Waals surface area (Å²) >= 11 is 0. The van der Waals surface area contributed by atoms with Gasteiger partial charge in [-0.2, -0.15) is 5.10 Å². The molecule has 1 fully saturated rings. The van der Waals surface area contributed by atoms with Gasteiger partial charge >= 0.3 is 5.97 Å². The predicted molar refractivity (Wildman–Crippen MR) is 117 cm³/mol. The molecule has 7 nitrogen and oxygen atoms in total. The molecule has 0 radical (unpaired) electrons. The fourth-order valence-electron chi connectivity index (χ4n) is 4.65. The highest BCUT2D eigenvalue weighted by Gasteiger charge is 2.40. The number of carbonyl (C=O) groups is 2. The van der Waals surface area contributed by atoms with E-state index in [0.29, 0.717) is 61.5 Å². The van der Waals surface area contributed by atoms with Crippen molar-refractivity contribution in [2.45, 2.75) is 52.9 Å². The number of nitrogens with zero attached hydrogens (tertiary/aromatic N) is 2. The maximum Gasteiger partial charge on any atom is 0.341 e. The molecule has 2 aliphatic heterocycles. The lowest BCUT2D eigenvalue weighted by atomic mass is 9.76. The Labute approximate surface area is 187 Å². The van der Waals surface area contributed by atoms with Crippen LogP contribution in [-0.2, 0) is 22.3 Å². The molecule has 1 amide bonds. The van der Waals surface area contributed by atoms with Crippen LogP contribution in [0.5, 0.6) is 0 Å². The molecule has 0 aliphatic carbocycles. The van der Waals surface area contributed by atoms with E-state index in [0.717, 1.165) is 12.8 Å². The molecule has 1 N–H and O–H groups in total. The highest BCUT2D eigenvalue weighted by molar-refractivity contribution is 5.97. The Kier molecular flexibility index (Phi) is 6.33. The lowest BCUT2D eigenvalue weighted by molar-refractivity contribution is 0.0154. The number of nitrogens with one attached hydrogen (secondary N) is 1. The van der Waals surface area contributed by atoms with Gasteiger partial charge in [-0.25, -0.2) is 13.9 Å². The Bertz CT molecular complexity index is 1040. The number of ether oxygens (including phenoxy) is 2. The van der Waals surface area contributed by atoms with Crippen LogP contribution in [0.3, 0.4) is 0 Å². The smallest absolute Gasteiger partial charge is 0.341 e. The number of esters is 1. The quantitative estimate of drug-likeness (QED) is 0.715. The Balaban J connectivity index is 1.85. The molecular weight excluding hydrogens is 413 g/mol. The zero-order valence-corrected chi connectivity index (χ0v) is 18.9. The van der Waals surface area contributed by atoms with Gasteiger partial charge in [0.15, 0.2) is 5.82 Å². The third kappa shape index (κ3) is 3.92. The number of amides is 1. The summed E-state index contributed by atoms with van der Waals surface area (Å²) in [4.78, 5) is 25.6. The van der Waals surface area contributed by atoms with E-state index < -0.39 is 11.8 Å². The summed E-state index contributed by atoms with van der Waals surface area (Å²) in [6.45, 7) is 7.53. The van der Waals surface area contributed by atoms with Gasteiger partial charge in [0.05, 0.1) is 23.6 Å². The summed E-state index contributed by atoms with van der Waals surface area (Å²) in [6.07, 6.45) is 3.40. The first kappa shape index (κ1) is 22.5. The van der Waals surface area contributed by atoms with Crippen LogP contribution in [0.2, 0.25) is 0 Å². The van der Waals surface area contributed by atoms with E-state index in [2.05, 4.69) is 10.4 Å². The van der Waals surface area contributed by atoms with Gasteiger partial charge in [-0.3, -0.25) is 4.79 Å². The van der Waals surface area contributed by atoms with Crippen LogP contribution >= 0.6 is 0 Å². The van der Waals surface area contributed by atoms with Crippen LogP contribution in [0.1, 0.15) is 70.8 Å². The summed E-state index contributed by atoms with van der Waals surface area (Å²) in [5.41, 5.74) is 2.24. The molecule has 32 heavy (non-hydrogen) atoms. The van der Waals surface area contributed by atoms with Crippen LogP contribution < -0.4 is 5.32 Å². The van der Waals surface area contributed by atoms with E-state index in [4.69, 9.17) is 9.47 Å². The Morgan fingerprint density at radius 3 is 2.75 bits per heavy atom. The molecule has 2 aromatic rings. The fraction of sp³-hybridized carbons (Fsp3) is 0.542. The van der Waals surface area contributed by atoms with Gasteiger partial charge in [-0.15, -0.1) is 0 Å². The van der Waals surface area contributed by atoms with Gasteiger partial charge in [0.2, 0.25) is 0 Å². The molecular formula is C24H30FN3O4. The van der Waals surface area contributed by atoms with Crippen LogP contribution in [0.25, 0.3) is 5.69 Å². The second-order valence-electron chi connectivity index (χ2n) is 8.73. The van der Waals surface area contributed by atoms with Crippen LogP contribution in [0, 0.1) is 18.2 Å². The Morgan fingerprint density at radius 2 is 2.06 bits per heavy atom.